The fourth-order valence-electron chi connectivity index (χ4n) is 5.16. The van der Waals surface area contributed by atoms with Crippen molar-refractivity contribution in [3.8, 4) is 0 Å². The van der Waals surface area contributed by atoms with Crippen molar-refractivity contribution in [2.45, 2.75) is 75.5 Å². The minimum absolute atomic E-state index is 0.141. The van der Waals surface area contributed by atoms with Gasteiger partial charge in [-0.2, -0.15) is 0 Å². The van der Waals surface area contributed by atoms with Crippen LogP contribution in [0, 0.1) is 5.92 Å². The van der Waals surface area contributed by atoms with Gasteiger partial charge in [-0.05, 0) is 31.6 Å². The second-order valence-electron chi connectivity index (χ2n) is 7.23. The number of hydrogen-bond donors (Lipinski definition) is 0. The Morgan fingerprint density at radius 3 is 2.85 bits per heavy atom. The molecule has 1 saturated carbocycles. The summed E-state index contributed by atoms with van der Waals surface area (Å²) in [6.07, 6.45) is 14.1. The molecule has 3 fully saturated rings. The monoisotopic (exact) mass is 275 g/mol. The number of rotatable bonds is 1. The van der Waals surface area contributed by atoms with Crippen molar-refractivity contribution in [1.82, 2.24) is 4.90 Å². The third kappa shape index (κ3) is 1.65. The molecular formula is C17H25NO2. The van der Waals surface area contributed by atoms with E-state index in [1.165, 1.54) is 44.9 Å². The number of likely N-dealkylation sites (tertiary alicyclic amines) is 1. The maximum atomic E-state index is 12.5. The first-order valence-electron chi connectivity index (χ1n) is 8.35. The standard InChI is InChI=1S/C17H25NO2/c1-2-15(19)18-12-17-9-6-14(20-17)10-13(17)11-16(18)7-4-3-5-8-16/h6,9,13-14H,2-5,7-8,10-12H2,1H3/t13-,14+,17+/m1/s1. The van der Waals surface area contributed by atoms with Gasteiger partial charge in [0.15, 0.2) is 0 Å². The number of hydrogen-bond acceptors (Lipinski definition) is 2. The highest BCUT2D eigenvalue weighted by molar-refractivity contribution is 5.77. The lowest BCUT2D eigenvalue weighted by atomic mass is 9.65. The number of fused-ring (bicyclic) bond motifs is 1. The van der Waals surface area contributed by atoms with E-state index in [-0.39, 0.29) is 11.1 Å². The number of nitrogens with zero attached hydrogens (tertiary/aromatic N) is 1. The van der Waals surface area contributed by atoms with Crippen LogP contribution in [0.2, 0.25) is 0 Å². The Morgan fingerprint density at radius 1 is 1.35 bits per heavy atom. The van der Waals surface area contributed by atoms with Gasteiger partial charge >= 0.3 is 0 Å². The average Bonchev–Trinajstić information content (AvgIpc) is 3.03. The van der Waals surface area contributed by atoms with Crippen LogP contribution in [0.4, 0.5) is 0 Å². The van der Waals surface area contributed by atoms with Crippen LogP contribution in [-0.2, 0) is 9.53 Å². The molecule has 2 saturated heterocycles. The maximum absolute atomic E-state index is 12.5. The summed E-state index contributed by atoms with van der Waals surface area (Å²) in [7, 11) is 0. The van der Waals surface area contributed by atoms with Crippen molar-refractivity contribution < 1.29 is 9.53 Å². The van der Waals surface area contributed by atoms with Crippen LogP contribution in [0.1, 0.15) is 58.3 Å². The minimum atomic E-state index is -0.141. The van der Waals surface area contributed by atoms with Gasteiger partial charge in [-0.15, -0.1) is 0 Å². The Bertz CT molecular complexity index is 452. The molecule has 0 unspecified atom stereocenters. The zero-order valence-electron chi connectivity index (χ0n) is 12.4. The van der Waals surface area contributed by atoms with E-state index in [1.54, 1.807) is 0 Å². The number of carbonyl (C=O) groups is 1. The van der Waals surface area contributed by atoms with Crippen molar-refractivity contribution in [2.24, 2.45) is 5.92 Å². The summed E-state index contributed by atoms with van der Waals surface area (Å²) in [6.45, 7) is 2.79. The van der Waals surface area contributed by atoms with Crippen LogP contribution in [0.3, 0.4) is 0 Å². The molecule has 0 aromatic carbocycles. The molecule has 3 heterocycles. The normalized spacial score (nSPS) is 41.1. The number of piperidine rings is 1. The Labute approximate surface area is 121 Å². The summed E-state index contributed by atoms with van der Waals surface area (Å²) in [6, 6.07) is 0. The van der Waals surface area contributed by atoms with E-state index in [4.69, 9.17) is 4.74 Å². The van der Waals surface area contributed by atoms with E-state index in [1.807, 2.05) is 6.92 Å². The predicted octanol–water partition coefficient (Wildman–Crippen LogP) is 3.05. The van der Waals surface area contributed by atoms with Gasteiger partial charge in [0.25, 0.3) is 0 Å². The van der Waals surface area contributed by atoms with E-state index in [0.29, 0.717) is 24.3 Å². The Hall–Kier alpha value is -0.830. The van der Waals surface area contributed by atoms with E-state index in [9.17, 15) is 4.79 Å². The quantitative estimate of drug-likeness (QED) is 0.688. The molecule has 4 rings (SSSR count). The molecular weight excluding hydrogens is 250 g/mol. The van der Waals surface area contributed by atoms with Crippen LogP contribution in [0.25, 0.3) is 0 Å². The Balaban J connectivity index is 1.68. The molecule has 0 aromatic rings. The van der Waals surface area contributed by atoms with Gasteiger partial charge in [0.2, 0.25) is 5.91 Å². The van der Waals surface area contributed by atoms with Gasteiger partial charge < -0.3 is 9.64 Å². The smallest absolute Gasteiger partial charge is 0.222 e. The summed E-state index contributed by atoms with van der Waals surface area (Å²) in [5.74, 6) is 0.962. The molecule has 3 atom stereocenters. The van der Waals surface area contributed by atoms with Gasteiger partial charge in [-0.1, -0.05) is 38.3 Å². The fourth-order valence-corrected chi connectivity index (χ4v) is 5.16. The van der Waals surface area contributed by atoms with Crippen LogP contribution in [-0.4, -0.2) is 34.6 Å². The largest absolute Gasteiger partial charge is 0.361 e. The molecule has 0 aromatic heterocycles. The van der Waals surface area contributed by atoms with Gasteiger partial charge in [0.1, 0.15) is 5.60 Å². The Morgan fingerprint density at radius 2 is 2.15 bits per heavy atom. The lowest BCUT2D eigenvalue weighted by Crippen LogP contribution is -2.64. The molecule has 0 radical (unpaired) electrons. The summed E-state index contributed by atoms with van der Waals surface area (Å²) < 4.78 is 6.22. The molecule has 20 heavy (non-hydrogen) atoms. The second-order valence-corrected chi connectivity index (χ2v) is 7.23. The number of amides is 1. The summed E-state index contributed by atoms with van der Waals surface area (Å²) in [5, 5.41) is 0. The SMILES string of the molecule is CCC(=O)N1C[C@@]23C=C[C@@H](C[C@@H]2CC12CCCCC2)O3. The topological polar surface area (TPSA) is 29.5 Å². The van der Waals surface area contributed by atoms with Gasteiger partial charge in [-0.3, -0.25) is 4.79 Å². The second kappa shape index (κ2) is 4.33. The molecule has 1 amide bonds. The van der Waals surface area contributed by atoms with Crippen molar-refractivity contribution in [3.05, 3.63) is 12.2 Å². The molecule has 4 aliphatic rings. The van der Waals surface area contributed by atoms with Crippen molar-refractivity contribution in [2.75, 3.05) is 6.54 Å². The minimum Gasteiger partial charge on any atom is -0.361 e. The van der Waals surface area contributed by atoms with Gasteiger partial charge in [0.05, 0.1) is 12.6 Å². The number of carbonyl (C=O) groups excluding carboxylic acids is 1. The molecule has 2 spiro atoms. The summed E-state index contributed by atoms with van der Waals surface area (Å²) in [5.41, 5.74) is 0.0150. The van der Waals surface area contributed by atoms with E-state index >= 15 is 0 Å². The summed E-state index contributed by atoms with van der Waals surface area (Å²) >= 11 is 0. The zero-order valence-corrected chi connectivity index (χ0v) is 12.4. The van der Waals surface area contributed by atoms with E-state index < -0.39 is 0 Å². The third-order valence-electron chi connectivity index (χ3n) is 6.16. The first kappa shape index (κ1) is 12.9. The van der Waals surface area contributed by atoms with Gasteiger partial charge in [0, 0.05) is 12.0 Å². The van der Waals surface area contributed by atoms with Crippen molar-refractivity contribution in [1.29, 1.82) is 0 Å². The fraction of sp³-hybridized carbons (Fsp3) is 0.824. The first-order valence-corrected chi connectivity index (χ1v) is 8.35. The predicted molar refractivity (Wildman–Crippen MR) is 77.3 cm³/mol. The average molecular weight is 275 g/mol. The molecule has 3 nitrogen and oxygen atoms in total. The van der Waals surface area contributed by atoms with Crippen molar-refractivity contribution in [3.63, 3.8) is 0 Å². The first-order chi connectivity index (χ1) is 9.67. The van der Waals surface area contributed by atoms with E-state index in [2.05, 4.69) is 17.1 Å². The van der Waals surface area contributed by atoms with Gasteiger partial charge in [-0.25, -0.2) is 0 Å². The molecule has 1 aliphatic carbocycles. The van der Waals surface area contributed by atoms with Crippen molar-refractivity contribution >= 4 is 5.91 Å². The van der Waals surface area contributed by atoms with Crippen LogP contribution >= 0.6 is 0 Å². The lowest BCUT2D eigenvalue weighted by molar-refractivity contribution is -0.155. The third-order valence-corrected chi connectivity index (χ3v) is 6.16. The van der Waals surface area contributed by atoms with Crippen LogP contribution in [0.15, 0.2) is 12.2 Å². The highest BCUT2D eigenvalue weighted by atomic mass is 16.5. The van der Waals surface area contributed by atoms with E-state index in [0.717, 1.165) is 6.54 Å². The molecule has 3 heteroatoms. The maximum Gasteiger partial charge on any atom is 0.222 e. The molecule has 2 bridgehead atoms. The molecule has 3 aliphatic heterocycles. The highest BCUT2D eigenvalue weighted by Crippen LogP contribution is 2.54. The lowest BCUT2D eigenvalue weighted by Gasteiger charge is -2.56. The van der Waals surface area contributed by atoms with Crippen LogP contribution in [0.5, 0.6) is 0 Å². The Kier molecular flexibility index (Phi) is 2.79. The highest BCUT2D eigenvalue weighted by Gasteiger charge is 2.59. The summed E-state index contributed by atoms with van der Waals surface area (Å²) in [4.78, 5) is 14.8. The number of ether oxygens (including phenoxy) is 1. The van der Waals surface area contributed by atoms with Crippen LogP contribution < -0.4 is 0 Å². The molecule has 110 valence electrons. The zero-order chi connectivity index (χ0) is 13.8. The molecule has 0 N–H and O–H groups in total.